The van der Waals surface area contributed by atoms with E-state index in [1.807, 2.05) is 13.0 Å². The van der Waals surface area contributed by atoms with E-state index in [1.54, 1.807) is 11.3 Å². The van der Waals surface area contributed by atoms with Crippen molar-refractivity contribution in [2.75, 3.05) is 7.05 Å². The summed E-state index contributed by atoms with van der Waals surface area (Å²) in [5.74, 6) is 0.843. The molecule has 4 nitrogen and oxygen atoms in total. The molecule has 2 atom stereocenters. The first kappa shape index (κ1) is 14.2. The lowest BCUT2D eigenvalue weighted by Gasteiger charge is -2.31. The summed E-state index contributed by atoms with van der Waals surface area (Å²) in [6, 6.07) is 4.45. The van der Waals surface area contributed by atoms with Crippen LogP contribution in [0.1, 0.15) is 36.4 Å². The van der Waals surface area contributed by atoms with Gasteiger partial charge in [-0.15, -0.1) is 0 Å². The Morgan fingerprint density at radius 3 is 2.84 bits per heavy atom. The minimum absolute atomic E-state index is 0.118. The fourth-order valence-corrected chi connectivity index (χ4v) is 3.03. The van der Waals surface area contributed by atoms with E-state index in [0.717, 1.165) is 24.4 Å². The largest absolute Gasteiger partial charge is 0.361 e. The van der Waals surface area contributed by atoms with Crippen molar-refractivity contribution in [3.8, 4) is 0 Å². The maximum Gasteiger partial charge on any atom is 0.133 e. The molecule has 0 saturated heterocycles. The zero-order chi connectivity index (χ0) is 13.8. The fourth-order valence-electron chi connectivity index (χ4n) is 2.34. The average Bonchev–Trinajstić information content (AvgIpc) is 3.01. The number of hydrogen-bond acceptors (Lipinski definition) is 5. The van der Waals surface area contributed by atoms with Gasteiger partial charge in [-0.1, -0.05) is 12.1 Å². The van der Waals surface area contributed by atoms with Gasteiger partial charge < -0.3 is 10.3 Å². The van der Waals surface area contributed by atoms with Crippen LogP contribution in [0.3, 0.4) is 0 Å². The third-order valence-electron chi connectivity index (χ3n) is 3.32. The van der Waals surface area contributed by atoms with Gasteiger partial charge in [-0.05, 0) is 42.8 Å². The molecule has 2 aromatic heterocycles. The van der Waals surface area contributed by atoms with Gasteiger partial charge in [-0.25, -0.2) is 0 Å². The van der Waals surface area contributed by atoms with Gasteiger partial charge in [0, 0.05) is 18.7 Å². The average molecular weight is 279 g/mol. The van der Waals surface area contributed by atoms with Crippen molar-refractivity contribution in [3.05, 3.63) is 39.9 Å². The zero-order valence-electron chi connectivity index (χ0n) is 11.7. The van der Waals surface area contributed by atoms with Crippen LogP contribution in [0.2, 0.25) is 0 Å². The fraction of sp³-hybridized carbons (Fsp3) is 0.500. The van der Waals surface area contributed by atoms with Crippen LogP contribution in [-0.2, 0) is 6.54 Å². The Morgan fingerprint density at radius 1 is 1.53 bits per heavy atom. The highest BCUT2D eigenvalue weighted by Crippen LogP contribution is 2.27. The Morgan fingerprint density at radius 2 is 2.32 bits per heavy atom. The molecule has 2 aromatic rings. The summed E-state index contributed by atoms with van der Waals surface area (Å²) in [6.07, 6.45) is 0.947. The summed E-state index contributed by atoms with van der Waals surface area (Å²) >= 11 is 1.71. The predicted octanol–water partition coefficient (Wildman–Crippen LogP) is 2.95. The summed E-state index contributed by atoms with van der Waals surface area (Å²) in [5.41, 5.74) is 8.51. The Bertz CT molecular complexity index is 495. The molecule has 0 spiro atoms. The van der Waals surface area contributed by atoms with E-state index in [-0.39, 0.29) is 12.1 Å². The summed E-state index contributed by atoms with van der Waals surface area (Å²) in [6.45, 7) is 4.77. The lowest BCUT2D eigenvalue weighted by Crippen LogP contribution is -2.38. The SMILES string of the molecule is CCC(N)C(c1ccsc1)N(C)Cc1cc(C)on1. The second kappa shape index (κ2) is 6.32. The summed E-state index contributed by atoms with van der Waals surface area (Å²) < 4.78 is 5.12. The number of nitrogens with zero attached hydrogens (tertiary/aromatic N) is 2. The molecule has 0 fully saturated rings. The molecular weight excluding hydrogens is 258 g/mol. The molecule has 0 radical (unpaired) electrons. The van der Waals surface area contributed by atoms with Gasteiger partial charge >= 0.3 is 0 Å². The third kappa shape index (κ3) is 3.43. The van der Waals surface area contributed by atoms with Gasteiger partial charge in [0.25, 0.3) is 0 Å². The van der Waals surface area contributed by atoms with E-state index >= 15 is 0 Å². The van der Waals surface area contributed by atoms with Crippen molar-refractivity contribution in [2.45, 2.75) is 38.9 Å². The molecule has 0 aliphatic heterocycles. The first-order valence-corrected chi connectivity index (χ1v) is 7.46. The van der Waals surface area contributed by atoms with E-state index in [0.29, 0.717) is 0 Å². The van der Waals surface area contributed by atoms with E-state index in [2.05, 4.69) is 40.9 Å². The van der Waals surface area contributed by atoms with Crippen LogP contribution in [0.5, 0.6) is 0 Å². The molecule has 2 heterocycles. The monoisotopic (exact) mass is 279 g/mol. The van der Waals surface area contributed by atoms with Gasteiger partial charge in [-0.2, -0.15) is 11.3 Å². The van der Waals surface area contributed by atoms with Crippen molar-refractivity contribution >= 4 is 11.3 Å². The second-order valence-electron chi connectivity index (χ2n) is 4.92. The normalized spacial score (nSPS) is 14.8. The maximum atomic E-state index is 6.29. The highest BCUT2D eigenvalue weighted by Gasteiger charge is 2.24. The minimum Gasteiger partial charge on any atom is -0.361 e. The minimum atomic E-state index is 0.118. The molecule has 0 aromatic carbocycles. The molecule has 2 N–H and O–H groups in total. The number of hydrogen-bond donors (Lipinski definition) is 1. The molecule has 2 rings (SSSR count). The molecule has 0 aliphatic rings. The van der Waals surface area contributed by atoms with Crippen LogP contribution in [0.15, 0.2) is 27.4 Å². The number of aryl methyl sites for hydroxylation is 1. The molecule has 2 unspecified atom stereocenters. The second-order valence-corrected chi connectivity index (χ2v) is 5.70. The van der Waals surface area contributed by atoms with Crippen LogP contribution in [0, 0.1) is 6.92 Å². The highest BCUT2D eigenvalue weighted by atomic mass is 32.1. The standard InChI is InChI=1S/C14H21N3OS/c1-4-13(15)14(11-5-6-19-9-11)17(3)8-12-7-10(2)18-16-12/h5-7,9,13-14H,4,8,15H2,1-3H3. The number of likely N-dealkylation sites (N-methyl/N-ethyl adjacent to an activating group) is 1. The molecular formula is C14H21N3OS. The van der Waals surface area contributed by atoms with Crippen molar-refractivity contribution in [1.29, 1.82) is 0 Å². The number of thiophene rings is 1. The highest BCUT2D eigenvalue weighted by molar-refractivity contribution is 7.07. The Kier molecular flexibility index (Phi) is 4.74. The smallest absolute Gasteiger partial charge is 0.133 e. The van der Waals surface area contributed by atoms with Crippen LogP contribution >= 0.6 is 11.3 Å². The lowest BCUT2D eigenvalue weighted by molar-refractivity contribution is 0.197. The molecule has 5 heteroatoms. The Labute approximate surface area is 118 Å². The van der Waals surface area contributed by atoms with Gasteiger partial charge in [0.2, 0.25) is 0 Å². The molecule has 0 amide bonds. The zero-order valence-corrected chi connectivity index (χ0v) is 12.5. The summed E-state index contributed by atoms with van der Waals surface area (Å²) in [7, 11) is 2.09. The maximum absolute atomic E-state index is 6.29. The van der Waals surface area contributed by atoms with Gasteiger partial charge in [0.15, 0.2) is 0 Å². The lowest BCUT2D eigenvalue weighted by atomic mass is 9.99. The third-order valence-corrected chi connectivity index (χ3v) is 4.03. The molecule has 104 valence electrons. The van der Waals surface area contributed by atoms with Crippen LogP contribution in [0.25, 0.3) is 0 Å². The quantitative estimate of drug-likeness (QED) is 0.883. The van der Waals surface area contributed by atoms with Crippen molar-refractivity contribution in [2.24, 2.45) is 5.73 Å². The Hall–Kier alpha value is -1.17. The van der Waals surface area contributed by atoms with Crippen molar-refractivity contribution in [3.63, 3.8) is 0 Å². The Balaban J connectivity index is 2.14. The van der Waals surface area contributed by atoms with Gasteiger partial charge in [0.1, 0.15) is 5.76 Å². The van der Waals surface area contributed by atoms with Gasteiger partial charge in [-0.3, -0.25) is 4.90 Å². The number of aromatic nitrogens is 1. The molecule has 0 bridgehead atoms. The predicted molar refractivity (Wildman–Crippen MR) is 78.0 cm³/mol. The number of rotatable bonds is 6. The van der Waals surface area contributed by atoms with Gasteiger partial charge in [0.05, 0.1) is 11.7 Å². The number of nitrogens with two attached hydrogens (primary N) is 1. The van der Waals surface area contributed by atoms with Crippen molar-refractivity contribution < 1.29 is 4.52 Å². The van der Waals surface area contributed by atoms with Crippen LogP contribution in [-0.4, -0.2) is 23.1 Å². The first-order chi connectivity index (χ1) is 9.11. The van der Waals surface area contributed by atoms with Crippen LogP contribution in [0.4, 0.5) is 0 Å². The first-order valence-electron chi connectivity index (χ1n) is 6.52. The molecule has 0 saturated carbocycles. The van der Waals surface area contributed by atoms with E-state index in [9.17, 15) is 0 Å². The van der Waals surface area contributed by atoms with Crippen LogP contribution < -0.4 is 5.73 Å². The van der Waals surface area contributed by atoms with E-state index < -0.39 is 0 Å². The summed E-state index contributed by atoms with van der Waals surface area (Å²) in [4.78, 5) is 2.24. The van der Waals surface area contributed by atoms with E-state index in [1.165, 1.54) is 5.56 Å². The molecule has 0 aliphatic carbocycles. The van der Waals surface area contributed by atoms with E-state index in [4.69, 9.17) is 10.3 Å². The molecule has 19 heavy (non-hydrogen) atoms. The summed E-state index contributed by atoms with van der Waals surface area (Å²) in [5, 5.41) is 8.32. The topological polar surface area (TPSA) is 55.3 Å². The van der Waals surface area contributed by atoms with Crippen molar-refractivity contribution in [1.82, 2.24) is 10.1 Å².